The van der Waals surface area contributed by atoms with Crippen LogP contribution in [0.3, 0.4) is 0 Å². The Hall–Kier alpha value is -0.570. The molecule has 1 aromatic rings. The molecule has 1 heterocycles. The van der Waals surface area contributed by atoms with E-state index in [2.05, 4.69) is 32.0 Å². The normalized spacial score (nSPS) is 25.9. The number of halogens is 1. The highest BCUT2D eigenvalue weighted by atomic mass is 35.5. The van der Waals surface area contributed by atoms with Gasteiger partial charge in [-0.2, -0.15) is 0 Å². The van der Waals surface area contributed by atoms with E-state index >= 15 is 0 Å². The minimum Gasteiger partial charge on any atom is -0.323 e. The molecule has 1 aliphatic rings. The molecule has 0 aromatic heterocycles. The van der Waals surface area contributed by atoms with Crippen molar-refractivity contribution in [3.63, 3.8) is 0 Å². The lowest BCUT2D eigenvalue weighted by atomic mass is 10.1. The molecule has 18 heavy (non-hydrogen) atoms. The van der Waals surface area contributed by atoms with Crippen molar-refractivity contribution in [2.45, 2.75) is 32.9 Å². The molecule has 0 saturated carbocycles. The number of hydrogen-bond acceptors (Lipinski definition) is 0. The Balaban J connectivity index is 1.83. The van der Waals surface area contributed by atoms with E-state index in [9.17, 15) is 0 Å². The van der Waals surface area contributed by atoms with Gasteiger partial charge in [-0.15, -0.1) is 0 Å². The van der Waals surface area contributed by atoms with Crippen molar-refractivity contribution in [1.82, 2.24) is 0 Å². The lowest BCUT2D eigenvalue weighted by molar-refractivity contribution is -1.03. The van der Waals surface area contributed by atoms with Gasteiger partial charge in [0, 0.05) is 10.6 Å². The van der Waals surface area contributed by atoms with Crippen LogP contribution in [0.5, 0.6) is 0 Å². The van der Waals surface area contributed by atoms with Crippen LogP contribution in [0.1, 0.15) is 25.8 Å². The summed E-state index contributed by atoms with van der Waals surface area (Å²) in [5.41, 5.74) is 1.37. The van der Waals surface area contributed by atoms with E-state index in [1.54, 1.807) is 9.80 Å². The third kappa shape index (κ3) is 3.71. The fraction of sp³-hybridized carbons (Fsp3) is 0.600. The Morgan fingerprint density at radius 1 is 1.22 bits per heavy atom. The summed E-state index contributed by atoms with van der Waals surface area (Å²) < 4.78 is 0. The van der Waals surface area contributed by atoms with Crippen LogP contribution in [0, 0.1) is 0 Å². The molecule has 0 bridgehead atoms. The van der Waals surface area contributed by atoms with Gasteiger partial charge < -0.3 is 9.80 Å². The average molecular weight is 269 g/mol. The molecule has 2 rings (SSSR count). The highest BCUT2D eigenvalue weighted by Crippen LogP contribution is 2.09. The molecule has 2 nitrogen and oxygen atoms in total. The predicted molar refractivity (Wildman–Crippen MR) is 76.3 cm³/mol. The lowest BCUT2D eigenvalue weighted by Crippen LogP contribution is -3.29. The molecule has 0 aliphatic carbocycles. The molecule has 0 radical (unpaired) electrons. The van der Waals surface area contributed by atoms with Crippen molar-refractivity contribution in [2.75, 3.05) is 26.2 Å². The predicted octanol–water partition coefficient (Wildman–Crippen LogP) is 0.422. The van der Waals surface area contributed by atoms with Crippen LogP contribution in [-0.4, -0.2) is 32.2 Å². The van der Waals surface area contributed by atoms with Crippen LogP contribution in [0.4, 0.5) is 0 Å². The second kappa shape index (κ2) is 6.55. The molecule has 1 fully saturated rings. The van der Waals surface area contributed by atoms with Crippen LogP contribution in [0.25, 0.3) is 0 Å². The van der Waals surface area contributed by atoms with Crippen molar-refractivity contribution in [3.05, 3.63) is 34.9 Å². The zero-order chi connectivity index (χ0) is 13.0. The maximum Gasteiger partial charge on any atom is 0.127 e. The van der Waals surface area contributed by atoms with E-state index in [1.165, 1.54) is 38.2 Å². The zero-order valence-electron chi connectivity index (χ0n) is 11.5. The number of nitrogens with one attached hydrogen (secondary N) is 2. The highest BCUT2D eigenvalue weighted by Gasteiger charge is 2.25. The minimum atomic E-state index is 0.817. The zero-order valence-corrected chi connectivity index (χ0v) is 12.3. The number of benzene rings is 1. The van der Waals surface area contributed by atoms with Gasteiger partial charge in [-0.05, 0) is 25.5 Å². The number of rotatable bonds is 4. The van der Waals surface area contributed by atoms with Crippen molar-refractivity contribution < 1.29 is 9.80 Å². The van der Waals surface area contributed by atoms with Crippen molar-refractivity contribution in [2.24, 2.45) is 0 Å². The summed E-state index contributed by atoms with van der Waals surface area (Å²) in [7, 11) is 0. The molecule has 2 N–H and O–H groups in total. The first-order valence-corrected chi connectivity index (χ1v) is 7.49. The maximum absolute atomic E-state index is 6.03. The summed E-state index contributed by atoms with van der Waals surface area (Å²) >= 11 is 6.03. The summed E-state index contributed by atoms with van der Waals surface area (Å²) in [6.45, 7) is 11.0. The van der Waals surface area contributed by atoms with Crippen molar-refractivity contribution >= 4 is 11.6 Å². The summed E-state index contributed by atoms with van der Waals surface area (Å²) in [4.78, 5) is 3.48. The van der Waals surface area contributed by atoms with E-state index in [4.69, 9.17) is 11.6 Å². The van der Waals surface area contributed by atoms with Gasteiger partial charge in [0.15, 0.2) is 0 Å². The van der Waals surface area contributed by atoms with Gasteiger partial charge in [-0.25, -0.2) is 0 Å². The molecule has 1 aromatic carbocycles. The third-order valence-corrected chi connectivity index (χ3v) is 4.49. The SMILES string of the molecule is CCC(C)[NH+]1CC[NH+](Cc2cccc(Cl)c2)CC1. The molecule has 1 unspecified atom stereocenters. The first-order valence-electron chi connectivity index (χ1n) is 7.11. The minimum absolute atomic E-state index is 0.817. The van der Waals surface area contributed by atoms with Gasteiger partial charge in [0.1, 0.15) is 32.7 Å². The molecular formula is C15H25ClN2+2. The number of quaternary nitrogens is 2. The molecule has 1 saturated heterocycles. The lowest BCUT2D eigenvalue weighted by Gasteiger charge is -2.33. The Kier molecular flexibility index (Phi) is 5.04. The molecule has 0 amide bonds. The van der Waals surface area contributed by atoms with Crippen LogP contribution in [-0.2, 0) is 6.54 Å². The Morgan fingerprint density at radius 2 is 1.94 bits per heavy atom. The first-order chi connectivity index (χ1) is 8.69. The van der Waals surface area contributed by atoms with E-state index in [1.807, 2.05) is 6.07 Å². The van der Waals surface area contributed by atoms with Crippen LogP contribution >= 0.6 is 11.6 Å². The highest BCUT2D eigenvalue weighted by molar-refractivity contribution is 6.30. The molecule has 3 heteroatoms. The molecule has 1 aliphatic heterocycles. The fourth-order valence-electron chi connectivity index (χ4n) is 2.82. The fourth-order valence-corrected chi connectivity index (χ4v) is 3.03. The molecule has 1 atom stereocenters. The quantitative estimate of drug-likeness (QED) is 0.784. The van der Waals surface area contributed by atoms with Crippen LogP contribution in [0.2, 0.25) is 5.02 Å². The Bertz CT molecular complexity index is 373. The topological polar surface area (TPSA) is 8.88 Å². The van der Waals surface area contributed by atoms with E-state index in [-0.39, 0.29) is 0 Å². The van der Waals surface area contributed by atoms with Gasteiger partial charge in [0.25, 0.3) is 0 Å². The number of hydrogen-bond donors (Lipinski definition) is 2. The van der Waals surface area contributed by atoms with Crippen LogP contribution in [0.15, 0.2) is 24.3 Å². The summed E-state index contributed by atoms with van der Waals surface area (Å²) in [5.74, 6) is 0. The van der Waals surface area contributed by atoms with Gasteiger partial charge >= 0.3 is 0 Å². The van der Waals surface area contributed by atoms with Gasteiger partial charge in [-0.1, -0.05) is 30.7 Å². The monoisotopic (exact) mass is 268 g/mol. The van der Waals surface area contributed by atoms with Crippen molar-refractivity contribution in [3.8, 4) is 0 Å². The summed E-state index contributed by atoms with van der Waals surface area (Å²) in [6.07, 6.45) is 1.29. The van der Waals surface area contributed by atoms with Gasteiger partial charge in [0.05, 0.1) is 6.04 Å². The van der Waals surface area contributed by atoms with E-state index in [0.29, 0.717) is 0 Å². The smallest absolute Gasteiger partial charge is 0.127 e. The molecule has 100 valence electrons. The number of piperazine rings is 1. The summed E-state index contributed by atoms with van der Waals surface area (Å²) in [5, 5.41) is 0.857. The summed E-state index contributed by atoms with van der Waals surface area (Å²) in [6, 6.07) is 9.11. The Labute approximate surface area is 116 Å². The largest absolute Gasteiger partial charge is 0.323 e. The first kappa shape index (κ1) is 13.9. The third-order valence-electron chi connectivity index (χ3n) is 4.25. The average Bonchev–Trinajstić information content (AvgIpc) is 2.39. The molecular weight excluding hydrogens is 244 g/mol. The standard InChI is InChI=1S/C15H23ClN2/c1-3-13(2)18-9-7-17(8-10-18)12-14-5-4-6-15(16)11-14/h4-6,11,13H,3,7-10,12H2,1-2H3/p+2. The second-order valence-corrected chi connectivity index (χ2v) is 5.96. The maximum atomic E-state index is 6.03. The Morgan fingerprint density at radius 3 is 2.56 bits per heavy atom. The van der Waals surface area contributed by atoms with E-state index < -0.39 is 0 Å². The van der Waals surface area contributed by atoms with E-state index in [0.717, 1.165) is 17.6 Å². The second-order valence-electron chi connectivity index (χ2n) is 5.52. The van der Waals surface area contributed by atoms with Crippen molar-refractivity contribution in [1.29, 1.82) is 0 Å². The van der Waals surface area contributed by atoms with Gasteiger partial charge in [0.2, 0.25) is 0 Å². The van der Waals surface area contributed by atoms with Crippen LogP contribution < -0.4 is 9.80 Å². The molecule has 0 spiro atoms. The van der Waals surface area contributed by atoms with Gasteiger partial charge in [-0.3, -0.25) is 0 Å².